The molecule has 2 N–H and O–H groups in total. The van der Waals surface area contributed by atoms with Crippen molar-refractivity contribution in [3.05, 3.63) is 53.3 Å². The number of aryl methyl sites for hydroxylation is 1. The van der Waals surface area contributed by atoms with Gasteiger partial charge < -0.3 is 15.2 Å². The lowest BCUT2D eigenvalue weighted by molar-refractivity contribution is 0.102. The summed E-state index contributed by atoms with van der Waals surface area (Å²) in [6, 6.07) is 8.70. The van der Waals surface area contributed by atoms with Crippen LogP contribution >= 0.6 is 0 Å². The largest absolute Gasteiger partial charge is 0.507 e. The lowest BCUT2D eigenvalue weighted by Crippen LogP contribution is -2.12. The predicted molar refractivity (Wildman–Crippen MR) is 73.7 cm³/mol. The number of ether oxygens (including phenoxy) is 1. The third-order valence-electron chi connectivity index (χ3n) is 2.88. The number of phenols is 1. The van der Waals surface area contributed by atoms with Crippen LogP contribution in [0.15, 0.2) is 36.4 Å². The van der Waals surface area contributed by atoms with Gasteiger partial charge in [-0.3, -0.25) is 4.79 Å². The molecule has 0 aromatic heterocycles. The van der Waals surface area contributed by atoms with Crippen LogP contribution in [0.1, 0.15) is 15.9 Å². The highest BCUT2D eigenvalue weighted by Gasteiger charge is 2.13. The van der Waals surface area contributed by atoms with E-state index in [0.29, 0.717) is 17.0 Å². The van der Waals surface area contributed by atoms with Crippen LogP contribution in [-0.2, 0) is 0 Å². The van der Waals surface area contributed by atoms with Gasteiger partial charge in [0.05, 0.1) is 12.7 Å². The van der Waals surface area contributed by atoms with E-state index in [1.165, 1.54) is 31.4 Å². The number of aromatic hydroxyl groups is 1. The normalized spacial score (nSPS) is 10.2. The molecule has 5 heteroatoms. The molecule has 0 atom stereocenters. The first-order valence-corrected chi connectivity index (χ1v) is 5.96. The van der Waals surface area contributed by atoms with Crippen LogP contribution in [0, 0.1) is 12.7 Å². The van der Waals surface area contributed by atoms with Gasteiger partial charge in [0.1, 0.15) is 17.3 Å². The summed E-state index contributed by atoms with van der Waals surface area (Å²) < 4.78 is 18.4. The Balaban J connectivity index is 2.25. The molecule has 0 fully saturated rings. The highest BCUT2D eigenvalue weighted by Crippen LogP contribution is 2.24. The van der Waals surface area contributed by atoms with E-state index < -0.39 is 11.7 Å². The zero-order chi connectivity index (χ0) is 14.7. The number of methoxy groups -OCH3 is 1. The van der Waals surface area contributed by atoms with Crippen molar-refractivity contribution < 1.29 is 19.0 Å². The predicted octanol–water partition coefficient (Wildman–Crippen LogP) is 3.10. The molecule has 0 saturated heterocycles. The summed E-state index contributed by atoms with van der Waals surface area (Å²) in [5, 5.41) is 12.2. The number of nitrogens with one attached hydrogen (secondary N) is 1. The standard InChI is InChI=1S/C15H14FNO3/c1-9-3-4-10(7-13(9)16)17-15(19)12-8-11(20-2)5-6-14(12)18/h3-8,18H,1-2H3,(H,17,19). The highest BCUT2D eigenvalue weighted by molar-refractivity contribution is 6.06. The number of carbonyl (C=O) groups excluding carboxylic acids is 1. The fourth-order valence-electron chi connectivity index (χ4n) is 1.69. The van der Waals surface area contributed by atoms with E-state index in [1.807, 2.05) is 0 Å². The SMILES string of the molecule is COc1ccc(O)c(C(=O)Nc2ccc(C)c(F)c2)c1. The van der Waals surface area contributed by atoms with Gasteiger partial charge in [0.25, 0.3) is 5.91 Å². The van der Waals surface area contributed by atoms with Crippen molar-refractivity contribution >= 4 is 11.6 Å². The molecule has 0 aliphatic rings. The zero-order valence-electron chi connectivity index (χ0n) is 11.1. The number of amides is 1. The van der Waals surface area contributed by atoms with Gasteiger partial charge in [0.15, 0.2) is 0 Å². The fraction of sp³-hybridized carbons (Fsp3) is 0.133. The van der Waals surface area contributed by atoms with Crippen LogP contribution in [0.25, 0.3) is 0 Å². The molecule has 2 aromatic rings. The third kappa shape index (κ3) is 2.88. The first kappa shape index (κ1) is 13.9. The van der Waals surface area contributed by atoms with E-state index in [-0.39, 0.29) is 11.3 Å². The van der Waals surface area contributed by atoms with Crippen LogP contribution < -0.4 is 10.1 Å². The van der Waals surface area contributed by atoms with Gasteiger partial charge in [0.2, 0.25) is 0 Å². The Morgan fingerprint density at radius 3 is 2.65 bits per heavy atom. The van der Waals surface area contributed by atoms with E-state index in [1.54, 1.807) is 19.1 Å². The van der Waals surface area contributed by atoms with E-state index >= 15 is 0 Å². The molecule has 0 aliphatic carbocycles. The van der Waals surface area contributed by atoms with E-state index in [9.17, 15) is 14.3 Å². The van der Waals surface area contributed by atoms with Crippen LogP contribution in [0.2, 0.25) is 0 Å². The van der Waals surface area contributed by atoms with Gasteiger partial charge in [0, 0.05) is 5.69 Å². The summed E-state index contributed by atoms with van der Waals surface area (Å²) in [7, 11) is 1.46. The minimum Gasteiger partial charge on any atom is -0.507 e. The number of anilines is 1. The molecule has 1 amide bonds. The van der Waals surface area contributed by atoms with Gasteiger partial charge in [-0.25, -0.2) is 4.39 Å². The summed E-state index contributed by atoms with van der Waals surface area (Å²) in [6.07, 6.45) is 0. The van der Waals surface area contributed by atoms with Gasteiger partial charge >= 0.3 is 0 Å². The number of carbonyl (C=O) groups is 1. The molecule has 0 unspecified atom stereocenters. The Hall–Kier alpha value is -2.56. The van der Waals surface area contributed by atoms with Crippen molar-refractivity contribution in [3.63, 3.8) is 0 Å². The summed E-state index contributed by atoms with van der Waals surface area (Å²) in [5.41, 5.74) is 0.873. The molecular formula is C15H14FNO3. The molecule has 0 saturated carbocycles. The molecule has 0 radical (unpaired) electrons. The number of phenolic OH excluding ortho intramolecular Hbond substituents is 1. The maximum absolute atomic E-state index is 13.4. The average molecular weight is 275 g/mol. The van der Waals surface area contributed by atoms with Crippen molar-refractivity contribution in [2.75, 3.05) is 12.4 Å². The lowest BCUT2D eigenvalue weighted by atomic mass is 10.1. The zero-order valence-corrected chi connectivity index (χ0v) is 11.1. The number of benzene rings is 2. The van der Waals surface area contributed by atoms with Gasteiger partial charge in [-0.15, -0.1) is 0 Å². The minimum atomic E-state index is -0.537. The summed E-state index contributed by atoms with van der Waals surface area (Å²) >= 11 is 0. The lowest BCUT2D eigenvalue weighted by Gasteiger charge is -2.09. The van der Waals surface area contributed by atoms with Crippen molar-refractivity contribution in [2.24, 2.45) is 0 Å². The summed E-state index contributed by atoms with van der Waals surface area (Å²) in [5.74, 6) is -0.666. The number of hydrogen-bond acceptors (Lipinski definition) is 3. The molecule has 4 nitrogen and oxygen atoms in total. The molecule has 104 valence electrons. The number of hydrogen-bond donors (Lipinski definition) is 2. The molecule has 0 spiro atoms. The third-order valence-corrected chi connectivity index (χ3v) is 2.88. The van der Waals surface area contributed by atoms with E-state index in [4.69, 9.17) is 4.74 Å². The van der Waals surface area contributed by atoms with Crippen LogP contribution in [-0.4, -0.2) is 18.1 Å². The molecular weight excluding hydrogens is 261 g/mol. The Labute approximate surface area is 115 Å². The molecule has 2 rings (SSSR count). The highest BCUT2D eigenvalue weighted by atomic mass is 19.1. The van der Waals surface area contributed by atoms with E-state index in [0.717, 1.165) is 0 Å². The topological polar surface area (TPSA) is 58.6 Å². The smallest absolute Gasteiger partial charge is 0.259 e. The van der Waals surface area contributed by atoms with Gasteiger partial charge in [-0.1, -0.05) is 6.07 Å². The maximum Gasteiger partial charge on any atom is 0.259 e. The second-order valence-electron chi connectivity index (χ2n) is 4.30. The van der Waals surface area contributed by atoms with Crippen molar-refractivity contribution in [2.45, 2.75) is 6.92 Å². The van der Waals surface area contributed by atoms with Crippen molar-refractivity contribution in [3.8, 4) is 11.5 Å². The Morgan fingerprint density at radius 2 is 2.00 bits per heavy atom. The molecule has 0 bridgehead atoms. The first-order valence-electron chi connectivity index (χ1n) is 5.96. The van der Waals surface area contributed by atoms with E-state index in [2.05, 4.69) is 5.32 Å². The molecule has 0 heterocycles. The molecule has 2 aromatic carbocycles. The summed E-state index contributed by atoms with van der Waals surface area (Å²) in [6.45, 7) is 1.63. The van der Waals surface area contributed by atoms with Crippen molar-refractivity contribution in [1.82, 2.24) is 0 Å². The Bertz CT molecular complexity index is 656. The maximum atomic E-state index is 13.4. The fourth-order valence-corrected chi connectivity index (χ4v) is 1.69. The van der Waals surface area contributed by atoms with Crippen LogP contribution in [0.3, 0.4) is 0 Å². The Kier molecular flexibility index (Phi) is 3.89. The van der Waals surface area contributed by atoms with Crippen LogP contribution in [0.5, 0.6) is 11.5 Å². The summed E-state index contributed by atoms with van der Waals surface area (Å²) in [4.78, 5) is 12.1. The quantitative estimate of drug-likeness (QED) is 0.905. The van der Waals surface area contributed by atoms with Gasteiger partial charge in [-0.05, 0) is 42.8 Å². The van der Waals surface area contributed by atoms with Crippen molar-refractivity contribution in [1.29, 1.82) is 0 Å². The monoisotopic (exact) mass is 275 g/mol. The Morgan fingerprint density at radius 1 is 1.25 bits per heavy atom. The molecule has 0 aliphatic heterocycles. The van der Waals surface area contributed by atoms with Crippen LogP contribution in [0.4, 0.5) is 10.1 Å². The number of rotatable bonds is 3. The average Bonchev–Trinajstić information content (AvgIpc) is 2.43. The second-order valence-corrected chi connectivity index (χ2v) is 4.30. The van der Waals surface area contributed by atoms with Gasteiger partial charge in [-0.2, -0.15) is 0 Å². The second kappa shape index (κ2) is 5.61. The number of halogens is 1. The first-order chi connectivity index (χ1) is 9.51. The minimum absolute atomic E-state index is 0.0605. The molecule has 20 heavy (non-hydrogen) atoms.